The molecule has 0 saturated heterocycles. The molecule has 3 rings (SSSR count). The van der Waals surface area contributed by atoms with Crippen LogP contribution in [0.3, 0.4) is 0 Å². The van der Waals surface area contributed by atoms with E-state index in [1.165, 1.54) is 24.8 Å². The molecule has 0 amide bonds. The van der Waals surface area contributed by atoms with E-state index >= 15 is 0 Å². The Bertz CT molecular complexity index is 960. The number of ketones is 1. The van der Waals surface area contributed by atoms with Gasteiger partial charge in [-0.1, -0.05) is 23.9 Å². The molecule has 3 aromatic rings. The number of hydrogen-bond acceptors (Lipinski definition) is 6. The summed E-state index contributed by atoms with van der Waals surface area (Å²) in [6.45, 7) is 1.60. The van der Waals surface area contributed by atoms with Gasteiger partial charge in [0.1, 0.15) is 18.2 Å². The number of Topliss-reactive ketones (excluding diaryl/α,β-unsaturated/α-hetero) is 1. The van der Waals surface area contributed by atoms with Crippen molar-refractivity contribution >= 4 is 17.5 Å². The standard InChI is InChI=1S/C20H20FN3O3S/c1-13(25)14-7-9-16(10-8-14)27-11-15(26)12-28-20-23-22-19(24(20)2)17-5-3-4-6-18(17)21/h3-10,15,26H,11-12H2,1-2H3/t15-/m1/s1. The van der Waals surface area contributed by atoms with E-state index in [9.17, 15) is 14.3 Å². The van der Waals surface area contributed by atoms with Crippen LogP contribution in [0.5, 0.6) is 5.75 Å². The SMILES string of the molecule is CC(=O)c1ccc(OC[C@@H](O)CSc2nnc(-c3ccccc3F)n2C)cc1. The molecule has 0 aliphatic heterocycles. The van der Waals surface area contributed by atoms with E-state index < -0.39 is 6.10 Å². The Labute approximate surface area is 166 Å². The molecule has 0 fully saturated rings. The first-order chi connectivity index (χ1) is 13.5. The number of aliphatic hydroxyl groups excluding tert-OH is 1. The summed E-state index contributed by atoms with van der Waals surface area (Å²) in [6, 6.07) is 13.1. The molecular formula is C20H20FN3O3S. The molecule has 1 N–H and O–H groups in total. The van der Waals surface area contributed by atoms with Crippen LogP contribution in [0.25, 0.3) is 11.4 Å². The van der Waals surface area contributed by atoms with E-state index in [1.807, 2.05) is 0 Å². The number of aromatic nitrogens is 3. The summed E-state index contributed by atoms with van der Waals surface area (Å²) < 4.78 is 21.2. The first-order valence-corrected chi connectivity index (χ1v) is 9.63. The maximum Gasteiger partial charge on any atom is 0.191 e. The summed E-state index contributed by atoms with van der Waals surface area (Å²) in [4.78, 5) is 11.3. The van der Waals surface area contributed by atoms with Crippen LogP contribution in [-0.4, -0.2) is 44.1 Å². The third-order valence-corrected chi connectivity index (χ3v) is 5.22. The number of benzene rings is 2. The van der Waals surface area contributed by atoms with Crippen molar-refractivity contribution in [1.29, 1.82) is 0 Å². The summed E-state index contributed by atoms with van der Waals surface area (Å²) in [7, 11) is 1.75. The van der Waals surface area contributed by atoms with E-state index in [0.29, 0.717) is 33.6 Å². The fourth-order valence-electron chi connectivity index (χ4n) is 2.51. The molecule has 8 heteroatoms. The van der Waals surface area contributed by atoms with Crippen molar-refractivity contribution in [3.05, 3.63) is 59.9 Å². The molecule has 0 unspecified atom stereocenters. The Balaban J connectivity index is 1.54. The predicted octanol–water partition coefficient (Wildman–Crippen LogP) is 3.36. The maximum absolute atomic E-state index is 13.9. The summed E-state index contributed by atoms with van der Waals surface area (Å²) in [5.41, 5.74) is 0.985. The zero-order valence-corrected chi connectivity index (χ0v) is 16.3. The first-order valence-electron chi connectivity index (χ1n) is 8.64. The van der Waals surface area contributed by atoms with Gasteiger partial charge < -0.3 is 14.4 Å². The number of carbonyl (C=O) groups is 1. The second-order valence-corrected chi connectivity index (χ2v) is 7.19. The Morgan fingerprint density at radius 3 is 2.61 bits per heavy atom. The largest absolute Gasteiger partial charge is 0.491 e. The number of ether oxygens (including phenoxy) is 1. The van der Waals surface area contributed by atoms with Crippen molar-refractivity contribution < 1.29 is 19.0 Å². The van der Waals surface area contributed by atoms with Crippen molar-refractivity contribution in [1.82, 2.24) is 14.8 Å². The quantitative estimate of drug-likeness (QED) is 0.461. The minimum Gasteiger partial charge on any atom is -0.491 e. The minimum atomic E-state index is -0.730. The predicted molar refractivity (Wildman–Crippen MR) is 105 cm³/mol. The number of rotatable bonds is 8. The molecule has 1 heterocycles. The molecule has 0 bridgehead atoms. The fourth-order valence-corrected chi connectivity index (χ4v) is 3.33. The van der Waals surface area contributed by atoms with Crippen LogP contribution in [0.15, 0.2) is 53.7 Å². The van der Waals surface area contributed by atoms with E-state index in [1.54, 1.807) is 54.1 Å². The molecular weight excluding hydrogens is 381 g/mol. The Hall–Kier alpha value is -2.71. The number of halogens is 1. The normalized spacial score (nSPS) is 12.0. The number of thioether (sulfide) groups is 1. The Kier molecular flexibility index (Phi) is 6.43. The van der Waals surface area contributed by atoms with Crippen LogP contribution in [0.4, 0.5) is 4.39 Å². The van der Waals surface area contributed by atoms with Gasteiger partial charge in [-0.05, 0) is 43.3 Å². The molecule has 0 spiro atoms. The van der Waals surface area contributed by atoms with Gasteiger partial charge in [-0.25, -0.2) is 4.39 Å². The molecule has 0 aliphatic carbocycles. The molecule has 1 atom stereocenters. The monoisotopic (exact) mass is 401 g/mol. The molecule has 0 radical (unpaired) electrons. The molecule has 0 aliphatic rings. The highest BCUT2D eigenvalue weighted by Gasteiger charge is 2.16. The highest BCUT2D eigenvalue weighted by atomic mass is 32.2. The van der Waals surface area contributed by atoms with Gasteiger partial charge >= 0.3 is 0 Å². The summed E-state index contributed by atoms with van der Waals surface area (Å²) in [5, 5.41) is 18.9. The fraction of sp³-hybridized carbons (Fsp3) is 0.250. The van der Waals surface area contributed by atoms with Crippen LogP contribution in [0.1, 0.15) is 17.3 Å². The van der Waals surface area contributed by atoms with Gasteiger partial charge in [-0.15, -0.1) is 10.2 Å². The highest BCUT2D eigenvalue weighted by molar-refractivity contribution is 7.99. The van der Waals surface area contributed by atoms with Gasteiger partial charge in [0, 0.05) is 18.4 Å². The zero-order valence-electron chi connectivity index (χ0n) is 15.5. The summed E-state index contributed by atoms with van der Waals surface area (Å²) in [6.07, 6.45) is -0.730. The number of nitrogens with zero attached hydrogens (tertiary/aromatic N) is 3. The third kappa shape index (κ3) is 4.76. The molecule has 146 valence electrons. The average molecular weight is 401 g/mol. The van der Waals surface area contributed by atoms with Crippen molar-refractivity contribution in [2.24, 2.45) is 7.05 Å². The number of carbonyl (C=O) groups excluding carboxylic acids is 1. The topological polar surface area (TPSA) is 77.2 Å². The second kappa shape index (κ2) is 8.99. The smallest absolute Gasteiger partial charge is 0.191 e. The van der Waals surface area contributed by atoms with Crippen molar-refractivity contribution in [3.63, 3.8) is 0 Å². The number of hydrogen-bond donors (Lipinski definition) is 1. The second-order valence-electron chi connectivity index (χ2n) is 6.20. The summed E-state index contributed by atoms with van der Waals surface area (Å²) in [5.74, 6) is 0.973. The van der Waals surface area contributed by atoms with Crippen LogP contribution in [-0.2, 0) is 7.05 Å². The Morgan fingerprint density at radius 2 is 1.93 bits per heavy atom. The van der Waals surface area contributed by atoms with Gasteiger partial charge in [0.05, 0.1) is 11.7 Å². The summed E-state index contributed by atoms with van der Waals surface area (Å²) >= 11 is 1.31. The van der Waals surface area contributed by atoms with E-state index in [-0.39, 0.29) is 18.2 Å². The maximum atomic E-state index is 13.9. The van der Waals surface area contributed by atoms with Gasteiger partial charge in [-0.2, -0.15) is 0 Å². The molecule has 28 heavy (non-hydrogen) atoms. The third-order valence-electron chi connectivity index (χ3n) is 4.06. The molecule has 1 aromatic heterocycles. The minimum absolute atomic E-state index is 0.0126. The molecule has 2 aromatic carbocycles. The van der Waals surface area contributed by atoms with E-state index in [2.05, 4.69) is 10.2 Å². The van der Waals surface area contributed by atoms with E-state index in [4.69, 9.17) is 4.74 Å². The number of aliphatic hydroxyl groups is 1. The Morgan fingerprint density at radius 1 is 1.21 bits per heavy atom. The van der Waals surface area contributed by atoms with Crippen molar-refractivity contribution in [2.75, 3.05) is 12.4 Å². The van der Waals surface area contributed by atoms with Crippen LogP contribution in [0.2, 0.25) is 0 Å². The molecule has 0 saturated carbocycles. The lowest BCUT2D eigenvalue weighted by atomic mass is 10.1. The molecule has 6 nitrogen and oxygen atoms in total. The first kappa shape index (κ1) is 20.0. The highest BCUT2D eigenvalue weighted by Crippen LogP contribution is 2.25. The zero-order chi connectivity index (χ0) is 20.1. The van der Waals surface area contributed by atoms with Gasteiger partial charge in [-0.3, -0.25) is 4.79 Å². The lowest BCUT2D eigenvalue weighted by molar-refractivity contribution is 0.101. The van der Waals surface area contributed by atoms with Crippen molar-refractivity contribution in [2.45, 2.75) is 18.2 Å². The van der Waals surface area contributed by atoms with Gasteiger partial charge in [0.15, 0.2) is 16.8 Å². The van der Waals surface area contributed by atoms with Crippen molar-refractivity contribution in [3.8, 4) is 17.1 Å². The van der Waals surface area contributed by atoms with Crippen LogP contribution >= 0.6 is 11.8 Å². The van der Waals surface area contributed by atoms with E-state index in [0.717, 1.165) is 0 Å². The lowest BCUT2D eigenvalue weighted by Gasteiger charge is -2.12. The van der Waals surface area contributed by atoms with Gasteiger partial charge in [0.2, 0.25) is 0 Å². The lowest BCUT2D eigenvalue weighted by Crippen LogP contribution is -2.20. The average Bonchev–Trinajstić information content (AvgIpc) is 3.05. The van der Waals surface area contributed by atoms with Gasteiger partial charge in [0.25, 0.3) is 0 Å². The van der Waals surface area contributed by atoms with Crippen LogP contribution < -0.4 is 4.74 Å². The van der Waals surface area contributed by atoms with Crippen LogP contribution in [0, 0.1) is 5.82 Å².